The Hall–Kier alpha value is -5.15. The van der Waals surface area contributed by atoms with E-state index in [1.165, 1.54) is 23.0 Å². The molecule has 0 bridgehead atoms. The molecule has 3 aliphatic rings. The summed E-state index contributed by atoms with van der Waals surface area (Å²) in [6.07, 6.45) is 0.305. The van der Waals surface area contributed by atoms with Crippen molar-refractivity contribution in [2.75, 3.05) is 16.8 Å². The molecule has 13 nitrogen and oxygen atoms in total. The summed E-state index contributed by atoms with van der Waals surface area (Å²) in [5, 5.41) is 25.1. The molecule has 1 saturated carbocycles. The summed E-state index contributed by atoms with van der Waals surface area (Å²) in [4.78, 5) is 53.8. The summed E-state index contributed by atoms with van der Waals surface area (Å²) in [6, 6.07) is 9.15. The lowest BCUT2D eigenvalue weighted by molar-refractivity contribution is -0.137. The minimum atomic E-state index is -1.51. The lowest BCUT2D eigenvalue weighted by Gasteiger charge is -2.24. The number of amides is 4. The van der Waals surface area contributed by atoms with Gasteiger partial charge in [-0.15, -0.1) is 0 Å². The number of piperidine rings is 1. The Morgan fingerprint density at radius 3 is 2.53 bits per heavy atom. The number of likely N-dealkylation sites (tertiary alicyclic amines) is 1. The number of benzene rings is 2. The molecule has 4 amide bonds. The molecule has 45 heavy (non-hydrogen) atoms. The topological polar surface area (TPSA) is 177 Å². The van der Waals surface area contributed by atoms with Gasteiger partial charge in [-0.05, 0) is 48.4 Å². The summed E-state index contributed by atoms with van der Waals surface area (Å²) in [6.45, 7) is -0.773. The first kappa shape index (κ1) is 28.6. The van der Waals surface area contributed by atoms with Gasteiger partial charge in [0.25, 0.3) is 0 Å². The molecule has 4 aromatic rings. The maximum atomic E-state index is 14.7. The highest BCUT2D eigenvalue weighted by Crippen LogP contribution is 2.48. The van der Waals surface area contributed by atoms with Crippen molar-refractivity contribution in [2.45, 2.75) is 37.8 Å². The van der Waals surface area contributed by atoms with Crippen molar-refractivity contribution in [2.24, 2.45) is 17.6 Å². The van der Waals surface area contributed by atoms with Gasteiger partial charge in [-0.1, -0.05) is 6.07 Å². The molecule has 1 aliphatic carbocycles. The van der Waals surface area contributed by atoms with Crippen molar-refractivity contribution < 1.29 is 33.1 Å². The number of hydrogen-bond donors (Lipinski definition) is 3. The Bertz CT molecular complexity index is 1860. The number of rotatable bonds is 7. The summed E-state index contributed by atoms with van der Waals surface area (Å²) in [5.74, 6) is -3.77. The molecule has 0 spiro atoms. The van der Waals surface area contributed by atoms with E-state index in [0.717, 1.165) is 27.0 Å². The molecule has 2 aromatic heterocycles. The lowest BCUT2D eigenvalue weighted by atomic mass is 10.0. The van der Waals surface area contributed by atoms with Crippen molar-refractivity contribution in [3.8, 4) is 11.1 Å². The molecule has 2 saturated heterocycles. The summed E-state index contributed by atoms with van der Waals surface area (Å²) in [7, 11) is 0. The number of nitrogens with zero attached hydrogens (tertiary/aromatic N) is 6. The molecule has 2 aromatic carbocycles. The number of aromatic nitrogens is 4. The quantitative estimate of drug-likeness (QED) is 0.206. The fourth-order valence-corrected chi connectivity index (χ4v) is 6.11. The number of imide groups is 1. The minimum Gasteiger partial charge on any atom is -0.373 e. The number of carbonyl (C=O) groups is 4. The van der Waals surface area contributed by atoms with Gasteiger partial charge in [0.15, 0.2) is 0 Å². The Morgan fingerprint density at radius 2 is 1.82 bits per heavy atom. The first-order valence-corrected chi connectivity index (χ1v) is 14.2. The summed E-state index contributed by atoms with van der Waals surface area (Å²) >= 11 is 0. The molecular weight excluding hydrogens is 590 g/mol. The molecule has 3 fully saturated rings. The van der Waals surface area contributed by atoms with Crippen molar-refractivity contribution >= 4 is 45.9 Å². The van der Waals surface area contributed by atoms with Gasteiger partial charge in [0.2, 0.25) is 23.6 Å². The first-order chi connectivity index (χ1) is 21.6. The van der Waals surface area contributed by atoms with Crippen LogP contribution in [0.1, 0.15) is 24.8 Å². The van der Waals surface area contributed by atoms with E-state index in [1.807, 2.05) is 0 Å². The number of nitrogens with two attached hydrogens (primary N) is 1. The Kier molecular flexibility index (Phi) is 6.85. The van der Waals surface area contributed by atoms with Gasteiger partial charge in [0.05, 0.1) is 47.7 Å². The third kappa shape index (κ3) is 4.99. The normalized spacial score (nSPS) is 23.0. The van der Waals surface area contributed by atoms with Crippen LogP contribution in [0.3, 0.4) is 0 Å². The van der Waals surface area contributed by atoms with Gasteiger partial charge in [0, 0.05) is 17.4 Å². The largest absolute Gasteiger partial charge is 0.373 e. The van der Waals surface area contributed by atoms with Crippen LogP contribution >= 0.6 is 0 Å². The average molecular weight is 617 g/mol. The Labute approximate surface area is 253 Å². The molecule has 0 radical (unpaired) electrons. The molecule has 7 rings (SSSR count). The van der Waals surface area contributed by atoms with Crippen LogP contribution < -0.4 is 16.0 Å². The van der Waals surface area contributed by atoms with E-state index in [2.05, 4.69) is 20.6 Å². The van der Waals surface area contributed by atoms with E-state index >= 15 is 0 Å². The second kappa shape index (κ2) is 10.8. The van der Waals surface area contributed by atoms with Gasteiger partial charge in [-0.25, -0.2) is 13.7 Å². The number of carbonyl (C=O) groups excluding carboxylic acids is 4. The van der Waals surface area contributed by atoms with Crippen LogP contribution in [-0.2, 0) is 25.7 Å². The zero-order chi connectivity index (χ0) is 31.6. The number of hydrogen-bond acceptors (Lipinski definition) is 9. The minimum absolute atomic E-state index is 0.114. The predicted octanol–water partition coefficient (Wildman–Crippen LogP) is 1.67. The van der Waals surface area contributed by atoms with Crippen LogP contribution in [-0.4, -0.2) is 72.4 Å². The van der Waals surface area contributed by atoms with Crippen LogP contribution in [0.15, 0.2) is 54.9 Å². The molecule has 15 heteroatoms. The predicted molar refractivity (Wildman–Crippen MR) is 154 cm³/mol. The number of alkyl halides is 1. The van der Waals surface area contributed by atoms with Gasteiger partial charge in [0.1, 0.15) is 36.5 Å². The van der Waals surface area contributed by atoms with E-state index in [4.69, 9.17) is 5.73 Å². The fraction of sp³-hybridized carbons (Fsp3) is 0.300. The smallest absolute Gasteiger partial charge is 0.247 e. The second-order valence-electron chi connectivity index (χ2n) is 11.4. The lowest BCUT2D eigenvalue weighted by Crippen LogP contribution is -2.44. The zero-order valence-corrected chi connectivity index (χ0v) is 23.5. The van der Waals surface area contributed by atoms with Crippen molar-refractivity contribution in [1.82, 2.24) is 24.9 Å². The highest BCUT2D eigenvalue weighted by Gasteiger charge is 2.59. The highest BCUT2D eigenvalue weighted by atomic mass is 19.1. The monoisotopic (exact) mass is 616 g/mol. The Morgan fingerprint density at radius 1 is 1.04 bits per heavy atom. The zero-order valence-electron chi connectivity index (χ0n) is 23.5. The molecule has 4 heterocycles. The third-order valence-electron chi connectivity index (χ3n) is 8.47. The second-order valence-corrected chi connectivity index (χ2v) is 11.4. The van der Waals surface area contributed by atoms with Crippen molar-refractivity contribution in [3.63, 3.8) is 0 Å². The first-order valence-electron chi connectivity index (χ1n) is 14.2. The van der Waals surface area contributed by atoms with Gasteiger partial charge < -0.3 is 21.1 Å². The Balaban J connectivity index is 1.11. The molecule has 5 atom stereocenters. The maximum absolute atomic E-state index is 14.7. The van der Waals surface area contributed by atoms with E-state index in [0.29, 0.717) is 17.3 Å². The van der Waals surface area contributed by atoms with E-state index in [9.17, 15) is 33.1 Å². The number of halogens is 2. The van der Waals surface area contributed by atoms with Crippen molar-refractivity contribution in [3.05, 3.63) is 66.4 Å². The summed E-state index contributed by atoms with van der Waals surface area (Å²) in [5.41, 5.74) is 7.64. The number of nitrogens with one attached hydrogen (secondary N) is 1. The number of aliphatic hydroxyl groups excluding tert-OH is 1. The molecular formula is C30H26F2N8O5. The van der Waals surface area contributed by atoms with Gasteiger partial charge in [-0.2, -0.15) is 15.3 Å². The van der Waals surface area contributed by atoms with Crippen LogP contribution in [0, 0.1) is 17.7 Å². The average Bonchev–Trinajstić information content (AvgIpc) is 3.52. The number of aliphatic hydroxyl groups is 1. The van der Waals surface area contributed by atoms with Crippen LogP contribution in [0.2, 0.25) is 0 Å². The number of fused-ring (bicyclic) bond motifs is 2. The van der Waals surface area contributed by atoms with E-state index < -0.39 is 42.6 Å². The standard InChI is InChI=1S/C30H26F2N8O5/c31-16-8-24(28(43)36-22-9-17(2-3-21(22)32)40-29(44)18-10-19(18)30(40)45)38(12-16)25(41)13-39-23-4-1-14(15-5-6-34-35-11-15)7-20(23)26(37-39)27(33)42/h1-7,9,11,16,18-19,24,27,42H,8,10,12-13,33H2,(H,36,43)/t16?,18-,19?,24?,27?/m0/s1. The van der Waals surface area contributed by atoms with Gasteiger partial charge >= 0.3 is 0 Å². The van der Waals surface area contributed by atoms with Crippen molar-refractivity contribution in [1.29, 1.82) is 0 Å². The van der Waals surface area contributed by atoms with Gasteiger partial charge in [-0.3, -0.25) is 23.9 Å². The van der Waals surface area contributed by atoms with Crippen LogP contribution in [0.4, 0.5) is 20.2 Å². The van der Waals surface area contributed by atoms with Crippen LogP contribution in [0.5, 0.6) is 0 Å². The van der Waals surface area contributed by atoms with E-state index in [-0.39, 0.29) is 53.7 Å². The summed E-state index contributed by atoms with van der Waals surface area (Å²) < 4.78 is 30.7. The molecule has 2 aliphatic heterocycles. The van der Waals surface area contributed by atoms with Crippen LogP contribution in [0.25, 0.3) is 22.0 Å². The molecule has 230 valence electrons. The van der Waals surface area contributed by atoms with E-state index in [1.54, 1.807) is 30.5 Å². The fourth-order valence-electron chi connectivity index (χ4n) is 6.11. The molecule has 4 N–H and O–H groups in total. The molecule has 4 unspecified atom stereocenters. The highest BCUT2D eigenvalue weighted by molar-refractivity contribution is 6.25. The maximum Gasteiger partial charge on any atom is 0.247 e. The third-order valence-corrected chi connectivity index (χ3v) is 8.47. The number of anilines is 2. The SMILES string of the molecule is NC(O)c1nn(CC(=O)N2CC(F)CC2C(=O)Nc2cc(N3C(=O)C4C[C@@H]4C3=O)ccc2F)c2ccc(-c3ccnnc3)cc12.